The normalized spacial score (nSPS) is 23.8. The number of hydrogen-bond donors (Lipinski definition) is 1. The van der Waals surface area contributed by atoms with Gasteiger partial charge in [0.05, 0.1) is 0 Å². The van der Waals surface area contributed by atoms with Crippen molar-refractivity contribution in [3.8, 4) is 0 Å². The number of hydrogen-bond acceptors (Lipinski definition) is 2. The molecule has 1 aromatic rings. The highest BCUT2D eigenvalue weighted by Gasteiger charge is 2.20. The van der Waals surface area contributed by atoms with Crippen molar-refractivity contribution in [2.24, 2.45) is 5.92 Å². The molecule has 3 heteroatoms. The lowest BCUT2D eigenvalue weighted by Gasteiger charge is -2.26. The third kappa shape index (κ3) is 3.08. The van der Waals surface area contributed by atoms with Crippen LogP contribution in [0.1, 0.15) is 31.2 Å². The molecule has 0 spiro atoms. The van der Waals surface area contributed by atoms with Crippen LogP contribution in [0.15, 0.2) is 18.2 Å². The first kappa shape index (κ1) is 12.9. The van der Waals surface area contributed by atoms with Gasteiger partial charge in [-0.15, -0.1) is 0 Å². The summed E-state index contributed by atoms with van der Waals surface area (Å²) in [5.41, 5.74) is 2.47. The Balaban J connectivity index is 1.78. The van der Waals surface area contributed by atoms with Crippen molar-refractivity contribution in [1.82, 2.24) is 5.32 Å². The number of anilines is 1. The van der Waals surface area contributed by atoms with Crippen molar-refractivity contribution < 1.29 is 4.39 Å². The lowest BCUT2D eigenvalue weighted by molar-refractivity contribution is 0.376. The Labute approximate surface area is 115 Å². The van der Waals surface area contributed by atoms with Crippen LogP contribution in [-0.4, -0.2) is 26.2 Å². The van der Waals surface area contributed by atoms with E-state index in [-0.39, 0.29) is 5.82 Å². The summed E-state index contributed by atoms with van der Waals surface area (Å²) in [7, 11) is 0. The van der Waals surface area contributed by atoms with E-state index < -0.39 is 0 Å². The maximum Gasteiger partial charge on any atom is 0.125 e. The average Bonchev–Trinajstić information content (AvgIpc) is 2.96. The quantitative estimate of drug-likeness (QED) is 0.901. The SMILES string of the molecule is Fc1ccc(CC2CCCNC2)c(N2CCCC2)c1. The zero-order valence-corrected chi connectivity index (χ0v) is 11.5. The molecule has 19 heavy (non-hydrogen) atoms. The van der Waals surface area contributed by atoms with E-state index in [1.807, 2.05) is 6.07 Å². The second kappa shape index (κ2) is 5.91. The van der Waals surface area contributed by atoms with Crippen LogP contribution in [-0.2, 0) is 6.42 Å². The van der Waals surface area contributed by atoms with Crippen LogP contribution in [0.4, 0.5) is 10.1 Å². The van der Waals surface area contributed by atoms with E-state index in [0.717, 1.165) is 38.3 Å². The molecule has 1 atom stereocenters. The van der Waals surface area contributed by atoms with Crippen molar-refractivity contribution in [2.45, 2.75) is 32.1 Å². The van der Waals surface area contributed by atoms with Gasteiger partial charge < -0.3 is 10.2 Å². The topological polar surface area (TPSA) is 15.3 Å². The van der Waals surface area contributed by atoms with E-state index in [9.17, 15) is 4.39 Å². The third-order valence-electron chi connectivity index (χ3n) is 4.40. The molecule has 0 aliphatic carbocycles. The zero-order chi connectivity index (χ0) is 13.1. The fraction of sp³-hybridized carbons (Fsp3) is 0.625. The third-order valence-corrected chi connectivity index (χ3v) is 4.40. The van der Waals surface area contributed by atoms with Gasteiger partial charge in [0.15, 0.2) is 0 Å². The molecule has 0 radical (unpaired) electrons. The molecule has 1 aromatic carbocycles. The lowest BCUT2D eigenvalue weighted by atomic mass is 9.91. The first-order chi connectivity index (χ1) is 9.33. The maximum atomic E-state index is 13.5. The molecule has 104 valence electrons. The molecule has 0 amide bonds. The highest BCUT2D eigenvalue weighted by molar-refractivity contribution is 5.54. The minimum atomic E-state index is -0.104. The second-order valence-corrected chi connectivity index (χ2v) is 5.88. The zero-order valence-electron chi connectivity index (χ0n) is 11.5. The van der Waals surface area contributed by atoms with Crippen LogP contribution < -0.4 is 10.2 Å². The summed E-state index contributed by atoms with van der Waals surface area (Å²) in [6.07, 6.45) is 6.12. The summed E-state index contributed by atoms with van der Waals surface area (Å²) in [6.45, 7) is 4.43. The molecule has 0 bridgehead atoms. The van der Waals surface area contributed by atoms with Gasteiger partial charge in [-0.3, -0.25) is 0 Å². The van der Waals surface area contributed by atoms with Crippen LogP contribution in [0, 0.1) is 11.7 Å². The Hall–Kier alpha value is -1.09. The molecule has 2 fully saturated rings. The van der Waals surface area contributed by atoms with Crippen molar-refractivity contribution in [1.29, 1.82) is 0 Å². The largest absolute Gasteiger partial charge is 0.371 e. The fourth-order valence-corrected chi connectivity index (χ4v) is 3.37. The van der Waals surface area contributed by atoms with Gasteiger partial charge in [-0.05, 0) is 68.8 Å². The van der Waals surface area contributed by atoms with Crippen LogP contribution in [0.5, 0.6) is 0 Å². The molecule has 1 unspecified atom stereocenters. The molecule has 2 heterocycles. The van der Waals surface area contributed by atoms with E-state index in [4.69, 9.17) is 0 Å². The van der Waals surface area contributed by atoms with Gasteiger partial charge in [-0.25, -0.2) is 4.39 Å². The van der Waals surface area contributed by atoms with Gasteiger partial charge >= 0.3 is 0 Å². The molecule has 2 saturated heterocycles. The molecular weight excluding hydrogens is 239 g/mol. The van der Waals surface area contributed by atoms with Crippen LogP contribution in [0.2, 0.25) is 0 Å². The van der Waals surface area contributed by atoms with E-state index in [1.54, 1.807) is 12.1 Å². The number of halogens is 1. The predicted octanol–water partition coefficient (Wildman–Crippen LogP) is 2.97. The van der Waals surface area contributed by atoms with Crippen molar-refractivity contribution in [2.75, 3.05) is 31.1 Å². The molecule has 3 rings (SSSR count). The second-order valence-electron chi connectivity index (χ2n) is 5.88. The first-order valence-electron chi connectivity index (χ1n) is 7.57. The molecule has 2 aliphatic rings. The molecule has 0 aromatic heterocycles. The van der Waals surface area contributed by atoms with Crippen LogP contribution >= 0.6 is 0 Å². The summed E-state index contributed by atoms with van der Waals surface area (Å²) >= 11 is 0. The average molecular weight is 262 g/mol. The molecule has 2 aliphatic heterocycles. The molecule has 0 saturated carbocycles. The number of benzene rings is 1. The van der Waals surface area contributed by atoms with Crippen molar-refractivity contribution in [3.63, 3.8) is 0 Å². The Kier molecular flexibility index (Phi) is 4.02. The summed E-state index contributed by atoms with van der Waals surface area (Å²) in [6, 6.07) is 5.35. The van der Waals surface area contributed by atoms with Gasteiger partial charge in [0.2, 0.25) is 0 Å². The van der Waals surface area contributed by atoms with Crippen LogP contribution in [0.3, 0.4) is 0 Å². The monoisotopic (exact) mass is 262 g/mol. The van der Waals surface area contributed by atoms with Crippen LogP contribution in [0.25, 0.3) is 0 Å². The lowest BCUT2D eigenvalue weighted by Crippen LogP contribution is -2.31. The van der Waals surface area contributed by atoms with Crippen molar-refractivity contribution in [3.05, 3.63) is 29.6 Å². The van der Waals surface area contributed by atoms with Gasteiger partial charge in [0.25, 0.3) is 0 Å². The Bertz CT molecular complexity index is 421. The minimum Gasteiger partial charge on any atom is -0.371 e. The Morgan fingerprint density at radius 3 is 2.79 bits per heavy atom. The number of nitrogens with zero attached hydrogens (tertiary/aromatic N) is 1. The summed E-state index contributed by atoms with van der Waals surface area (Å²) in [4.78, 5) is 2.36. The standard InChI is InChI=1S/C16H23FN2/c17-15-6-5-14(10-13-4-3-7-18-12-13)16(11-15)19-8-1-2-9-19/h5-6,11,13,18H,1-4,7-10,12H2. The Morgan fingerprint density at radius 1 is 1.21 bits per heavy atom. The van der Waals surface area contributed by atoms with E-state index >= 15 is 0 Å². The molecule has 2 nitrogen and oxygen atoms in total. The van der Waals surface area contributed by atoms with E-state index in [1.165, 1.54) is 31.2 Å². The smallest absolute Gasteiger partial charge is 0.125 e. The van der Waals surface area contributed by atoms with Gasteiger partial charge in [0, 0.05) is 18.8 Å². The Morgan fingerprint density at radius 2 is 2.05 bits per heavy atom. The number of nitrogens with one attached hydrogen (secondary N) is 1. The summed E-state index contributed by atoms with van der Waals surface area (Å²) < 4.78 is 13.5. The maximum absolute atomic E-state index is 13.5. The number of piperidine rings is 1. The predicted molar refractivity (Wildman–Crippen MR) is 77.1 cm³/mol. The molecular formula is C16H23FN2. The number of rotatable bonds is 3. The van der Waals surface area contributed by atoms with E-state index in [0.29, 0.717) is 5.92 Å². The van der Waals surface area contributed by atoms with Gasteiger partial charge in [0.1, 0.15) is 5.82 Å². The summed E-state index contributed by atoms with van der Waals surface area (Å²) in [5.74, 6) is 0.605. The van der Waals surface area contributed by atoms with E-state index in [2.05, 4.69) is 10.2 Å². The summed E-state index contributed by atoms with van der Waals surface area (Å²) in [5, 5.41) is 3.47. The highest BCUT2D eigenvalue weighted by atomic mass is 19.1. The van der Waals surface area contributed by atoms with Gasteiger partial charge in [-0.1, -0.05) is 6.07 Å². The first-order valence-corrected chi connectivity index (χ1v) is 7.57. The minimum absolute atomic E-state index is 0.104. The van der Waals surface area contributed by atoms with Gasteiger partial charge in [-0.2, -0.15) is 0 Å². The highest BCUT2D eigenvalue weighted by Crippen LogP contribution is 2.29. The van der Waals surface area contributed by atoms with Crippen molar-refractivity contribution >= 4 is 5.69 Å². The fourth-order valence-electron chi connectivity index (χ4n) is 3.37. The molecule has 1 N–H and O–H groups in total.